The van der Waals surface area contributed by atoms with E-state index in [2.05, 4.69) is 4.72 Å². The molecule has 1 N–H and O–H groups in total. The summed E-state index contributed by atoms with van der Waals surface area (Å²) in [4.78, 5) is 14.4. The number of carbonyl (C=O) groups excluding carboxylic acids is 1. The van der Waals surface area contributed by atoms with Crippen molar-refractivity contribution in [1.29, 1.82) is 0 Å². The molecule has 28 heavy (non-hydrogen) atoms. The zero-order valence-electron chi connectivity index (χ0n) is 16.3. The van der Waals surface area contributed by atoms with Crippen LogP contribution in [0.4, 0.5) is 0 Å². The highest BCUT2D eigenvalue weighted by Crippen LogP contribution is 2.16. The first-order valence-corrected chi connectivity index (χ1v) is 10.9. The Bertz CT molecular complexity index is 940. The second-order valence-electron chi connectivity index (χ2n) is 7.28. The molecule has 0 aliphatic carbocycles. The molecule has 3 rings (SSSR count). The molecule has 1 heterocycles. The van der Waals surface area contributed by atoms with Crippen LogP contribution in [-0.4, -0.2) is 38.4 Å². The van der Waals surface area contributed by atoms with Crippen LogP contribution in [0.15, 0.2) is 59.5 Å². The van der Waals surface area contributed by atoms with E-state index < -0.39 is 10.0 Å². The minimum atomic E-state index is -3.53. The number of sulfonamides is 1. The average molecular weight is 399 g/mol. The molecule has 1 fully saturated rings. The number of hydrogen-bond acceptors (Lipinski definition) is 3. The predicted octanol–water partition coefficient (Wildman–Crippen LogP) is 3.29. The molecule has 0 aromatic heterocycles. The van der Waals surface area contributed by atoms with E-state index in [1.165, 1.54) is 5.56 Å². The van der Waals surface area contributed by atoms with Crippen LogP contribution >= 0.6 is 0 Å². The fourth-order valence-corrected chi connectivity index (χ4v) is 4.48. The van der Waals surface area contributed by atoms with Gasteiger partial charge < -0.3 is 4.90 Å². The first-order valence-electron chi connectivity index (χ1n) is 9.46. The molecule has 148 valence electrons. The normalized spacial score (nSPS) is 15.9. The number of nitrogens with one attached hydrogen (secondary N) is 1. The number of piperidine rings is 1. The quantitative estimate of drug-likeness (QED) is 0.786. The summed E-state index contributed by atoms with van der Waals surface area (Å²) >= 11 is 0. The largest absolute Gasteiger partial charge is 0.339 e. The summed E-state index contributed by atoms with van der Waals surface area (Å²) in [6.45, 7) is 5.02. The van der Waals surface area contributed by atoms with Crippen LogP contribution < -0.4 is 4.72 Å². The zero-order chi connectivity index (χ0) is 20.1. The minimum absolute atomic E-state index is 0.0413. The highest BCUT2D eigenvalue weighted by atomic mass is 32.2. The number of benzene rings is 2. The van der Waals surface area contributed by atoms with E-state index in [1.54, 1.807) is 35.2 Å². The van der Waals surface area contributed by atoms with E-state index in [-0.39, 0.29) is 16.8 Å². The van der Waals surface area contributed by atoms with Gasteiger partial charge in [-0.3, -0.25) is 4.79 Å². The fourth-order valence-electron chi connectivity index (χ4n) is 3.17. The molecule has 0 bridgehead atoms. The van der Waals surface area contributed by atoms with E-state index in [0.717, 1.165) is 11.1 Å². The van der Waals surface area contributed by atoms with Crippen molar-refractivity contribution >= 4 is 22.0 Å². The topological polar surface area (TPSA) is 66.5 Å². The third-order valence-electron chi connectivity index (χ3n) is 4.96. The molecule has 1 amide bonds. The van der Waals surface area contributed by atoms with Gasteiger partial charge in [0.2, 0.25) is 15.9 Å². The molecule has 2 aromatic carbocycles. The first-order chi connectivity index (χ1) is 13.3. The van der Waals surface area contributed by atoms with Crippen molar-refractivity contribution < 1.29 is 13.2 Å². The van der Waals surface area contributed by atoms with Gasteiger partial charge in [-0.05, 0) is 50.5 Å². The van der Waals surface area contributed by atoms with Crippen LogP contribution in [0.5, 0.6) is 0 Å². The van der Waals surface area contributed by atoms with E-state index in [0.29, 0.717) is 25.9 Å². The van der Waals surface area contributed by atoms with E-state index in [9.17, 15) is 13.2 Å². The number of likely N-dealkylation sites (tertiary alicyclic amines) is 1. The lowest BCUT2D eigenvalue weighted by atomic mass is 10.1. The van der Waals surface area contributed by atoms with Gasteiger partial charge in [0.25, 0.3) is 0 Å². The van der Waals surface area contributed by atoms with Gasteiger partial charge in [-0.25, -0.2) is 13.1 Å². The Kier molecular flexibility index (Phi) is 6.31. The summed E-state index contributed by atoms with van der Waals surface area (Å²) in [6.07, 6.45) is 4.61. The summed E-state index contributed by atoms with van der Waals surface area (Å²) in [5.41, 5.74) is 3.18. The van der Waals surface area contributed by atoms with Gasteiger partial charge in [0.1, 0.15) is 0 Å². The Balaban J connectivity index is 1.53. The predicted molar refractivity (Wildman–Crippen MR) is 111 cm³/mol. The lowest BCUT2D eigenvalue weighted by Gasteiger charge is -2.31. The summed E-state index contributed by atoms with van der Waals surface area (Å²) in [5, 5.41) is 0. The molecular weight excluding hydrogens is 372 g/mol. The first kappa shape index (κ1) is 20.3. The van der Waals surface area contributed by atoms with Crippen LogP contribution in [0.3, 0.4) is 0 Å². The Morgan fingerprint density at radius 3 is 2.07 bits per heavy atom. The van der Waals surface area contributed by atoms with Gasteiger partial charge >= 0.3 is 0 Å². The van der Waals surface area contributed by atoms with Crippen LogP contribution in [0, 0.1) is 13.8 Å². The lowest BCUT2D eigenvalue weighted by Crippen LogP contribution is -2.46. The molecule has 1 aliphatic heterocycles. The second kappa shape index (κ2) is 8.71. The molecule has 0 radical (unpaired) electrons. The summed E-state index contributed by atoms with van der Waals surface area (Å²) in [5.74, 6) is -0.0413. The molecule has 0 spiro atoms. The molecule has 2 aromatic rings. The van der Waals surface area contributed by atoms with Crippen molar-refractivity contribution in [2.24, 2.45) is 0 Å². The molecule has 1 aliphatic rings. The van der Waals surface area contributed by atoms with E-state index in [4.69, 9.17) is 0 Å². The number of rotatable bonds is 5. The molecule has 1 saturated heterocycles. The van der Waals surface area contributed by atoms with Crippen molar-refractivity contribution in [2.75, 3.05) is 13.1 Å². The molecular formula is C22H26N2O3S. The Labute approximate surface area is 167 Å². The van der Waals surface area contributed by atoms with E-state index >= 15 is 0 Å². The van der Waals surface area contributed by atoms with Crippen molar-refractivity contribution in [3.8, 4) is 0 Å². The maximum absolute atomic E-state index is 12.5. The number of nitrogens with zero attached hydrogens (tertiary/aromatic N) is 1. The Morgan fingerprint density at radius 2 is 1.50 bits per heavy atom. The highest BCUT2D eigenvalue weighted by Gasteiger charge is 2.25. The minimum Gasteiger partial charge on any atom is -0.339 e. The third kappa shape index (κ3) is 5.30. The fraction of sp³-hybridized carbons (Fsp3) is 0.318. The van der Waals surface area contributed by atoms with Gasteiger partial charge in [-0.1, -0.05) is 47.5 Å². The number of aryl methyl sites for hydroxylation is 2. The van der Waals surface area contributed by atoms with Gasteiger partial charge in [0, 0.05) is 25.2 Å². The number of amides is 1. The maximum atomic E-state index is 12.5. The van der Waals surface area contributed by atoms with Gasteiger partial charge in [0.05, 0.1) is 4.90 Å². The Hall–Kier alpha value is -2.44. The SMILES string of the molecule is Cc1ccc(/C=C/C(=O)N2CCC(NS(=O)(=O)c3ccc(C)cc3)CC2)cc1. The zero-order valence-corrected chi connectivity index (χ0v) is 17.1. The summed E-state index contributed by atoms with van der Waals surface area (Å²) < 4.78 is 27.8. The highest BCUT2D eigenvalue weighted by molar-refractivity contribution is 7.89. The van der Waals surface area contributed by atoms with Crippen molar-refractivity contribution in [2.45, 2.75) is 37.6 Å². The standard InChI is InChI=1S/C22H26N2O3S/c1-17-3-7-19(8-4-17)9-12-22(25)24-15-13-20(14-16-24)23-28(26,27)21-10-5-18(2)6-11-21/h3-12,20,23H,13-16H2,1-2H3/b12-9+. The summed E-state index contributed by atoms with van der Waals surface area (Å²) in [6, 6.07) is 14.6. The van der Waals surface area contributed by atoms with Crippen molar-refractivity contribution in [3.05, 3.63) is 71.3 Å². The Morgan fingerprint density at radius 1 is 0.964 bits per heavy atom. The summed E-state index contributed by atoms with van der Waals surface area (Å²) in [7, 11) is -3.53. The molecule has 0 atom stereocenters. The van der Waals surface area contributed by atoms with Crippen LogP contribution in [0.25, 0.3) is 6.08 Å². The monoisotopic (exact) mass is 398 g/mol. The maximum Gasteiger partial charge on any atom is 0.246 e. The van der Waals surface area contributed by atoms with Gasteiger partial charge in [-0.2, -0.15) is 0 Å². The third-order valence-corrected chi connectivity index (χ3v) is 6.49. The van der Waals surface area contributed by atoms with Crippen LogP contribution in [0.1, 0.15) is 29.5 Å². The molecule has 5 nitrogen and oxygen atoms in total. The second-order valence-corrected chi connectivity index (χ2v) is 8.99. The lowest BCUT2D eigenvalue weighted by molar-refractivity contribution is -0.126. The van der Waals surface area contributed by atoms with Crippen LogP contribution in [-0.2, 0) is 14.8 Å². The average Bonchev–Trinajstić information content (AvgIpc) is 2.68. The van der Waals surface area contributed by atoms with Gasteiger partial charge in [0.15, 0.2) is 0 Å². The smallest absolute Gasteiger partial charge is 0.246 e. The van der Waals surface area contributed by atoms with Crippen molar-refractivity contribution in [3.63, 3.8) is 0 Å². The van der Waals surface area contributed by atoms with E-state index in [1.807, 2.05) is 44.2 Å². The molecule has 0 unspecified atom stereocenters. The van der Waals surface area contributed by atoms with Gasteiger partial charge in [-0.15, -0.1) is 0 Å². The number of carbonyl (C=O) groups is 1. The van der Waals surface area contributed by atoms with Crippen molar-refractivity contribution in [1.82, 2.24) is 9.62 Å². The molecule has 6 heteroatoms. The van der Waals surface area contributed by atoms with Crippen LogP contribution in [0.2, 0.25) is 0 Å². The molecule has 0 saturated carbocycles. The number of hydrogen-bond donors (Lipinski definition) is 1.